The fourth-order valence-electron chi connectivity index (χ4n) is 3.43. The minimum absolute atomic E-state index is 0.113. The van der Waals surface area contributed by atoms with Crippen LogP contribution in [-0.2, 0) is 14.3 Å². The molecule has 27 heavy (non-hydrogen) atoms. The summed E-state index contributed by atoms with van der Waals surface area (Å²) in [6, 6.07) is 18.5. The number of benzene rings is 2. The normalized spacial score (nSPS) is 21.0. The van der Waals surface area contributed by atoms with Crippen LogP contribution in [0.3, 0.4) is 0 Å². The van der Waals surface area contributed by atoms with Gasteiger partial charge in [0.05, 0.1) is 12.5 Å². The maximum absolute atomic E-state index is 12.6. The van der Waals surface area contributed by atoms with E-state index in [1.165, 1.54) is 0 Å². The molecule has 2 aromatic carbocycles. The number of nitriles is 1. The summed E-state index contributed by atoms with van der Waals surface area (Å²) in [5.74, 6) is 0.781. The standard InChI is InChI=1S/C22H23NO4/c1-22(2)18(14-25-3)20(22)21(24)27-19(13-23)15-8-7-11-17(12-15)26-16-9-5-4-6-10-16/h4-12,18-20H,14H2,1-3H3/t18-,19?,20-/m0/s1. The third-order valence-electron chi connectivity index (χ3n) is 5.14. The van der Waals surface area contributed by atoms with E-state index in [-0.39, 0.29) is 23.2 Å². The zero-order valence-electron chi connectivity index (χ0n) is 15.7. The Morgan fingerprint density at radius 2 is 1.85 bits per heavy atom. The van der Waals surface area contributed by atoms with Gasteiger partial charge in [0.1, 0.15) is 17.6 Å². The van der Waals surface area contributed by atoms with Crippen molar-refractivity contribution in [3.8, 4) is 17.6 Å². The third kappa shape index (κ3) is 4.12. The van der Waals surface area contributed by atoms with Crippen molar-refractivity contribution in [3.63, 3.8) is 0 Å². The van der Waals surface area contributed by atoms with Crippen molar-refractivity contribution in [1.82, 2.24) is 0 Å². The molecular weight excluding hydrogens is 342 g/mol. The molecule has 3 rings (SSSR count). The lowest BCUT2D eigenvalue weighted by Crippen LogP contribution is -2.15. The quantitative estimate of drug-likeness (QED) is 0.676. The average molecular weight is 365 g/mol. The van der Waals surface area contributed by atoms with Crippen molar-refractivity contribution in [2.24, 2.45) is 17.3 Å². The van der Waals surface area contributed by atoms with E-state index in [2.05, 4.69) is 6.07 Å². The van der Waals surface area contributed by atoms with E-state index in [1.807, 2.05) is 44.2 Å². The second-order valence-electron chi connectivity index (χ2n) is 7.29. The zero-order chi connectivity index (χ0) is 19.4. The van der Waals surface area contributed by atoms with E-state index >= 15 is 0 Å². The van der Waals surface area contributed by atoms with Crippen LogP contribution in [0.5, 0.6) is 11.5 Å². The van der Waals surface area contributed by atoms with E-state index in [1.54, 1.807) is 31.4 Å². The number of esters is 1. The lowest BCUT2D eigenvalue weighted by molar-refractivity contribution is -0.149. The highest BCUT2D eigenvalue weighted by Gasteiger charge is 2.62. The number of para-hydroxylation sites is 1. The molecule has 5 nitrogen and oxygen atoms in total. The molecule has 1 aliphatic carbocycles. The number of carbonyl (C=O) groups excluding carboxylic acids is 1. The Labute approximate surface area is 159 Å². The summed E-state index contributed by atoms with van der Waals surface area (Å²) in [5, 5.41) is 9.52. The van der Waals surface area contributed by atoms with Gasteiger partial charge in [0, 0.05) is 18.6 Å². The van der Waals surface area contributed by atoms with Crippen LogP contribution in [0.1, 0.15) is 25.5 Å². The van der Waals surface area contributed by atoms with Crippen LogP contribution >= 0.6 is 0 Å². The molecule has 0 radical (unpaired) electrons. The molecule has 0 aromatic heterocycles. The molecule has 1 unspecified atom stereocenters. The van der Waals surface area contributed by atoms with Crippen molar-refractivity contribution in [3.05, 3.63) is 60.2 Å². The van der Waals surface area contributed by atoms with E-state index in [0.29, 0.717) is 23.7 Å². The summed E-state index contributed by atoms with van der Waals surface area (Å²) < 4.78 is 16.5. The van der Waals surface area contributed by atoms with Crippen molar-refractivity contribution >= 4 is 5.97 Å². The first-order chi connectivity index (χ1) is 13.0. The van der Waals surface area contributed by atoms with Gasteiger partial charge in [0.2, 0.25) is 6.10 Å². The fourth-order valence-corrected chi connectivity index (χ4v) is 3.43. The first-order valence-electron chi connectivity index (χ1n) is 8.89. The summed E-state index contributed by atoms with van der Waals surface area (Å²) in [6.07, 6.45) is -0.976. The highest BCUT2D eigenvalue weighted by atomic mass is 16.5. The smallest absolute Gasteiger partial charge is 0.311 e. The molecule has 0 saturated heterocycles. The number of hydrogen-bond donors (Lipinski definition) is 0. The van der Waals surface area contributed by atoms with Gasteiger partial charge in [-0.25, -0.2) is 0 Å². The van der Waals surface area contributed by atoms with Gasteiger partial charge >= 0.3 is 5.97 Å². The summed E-state index contributed by atoms with van der Waals surface area (Å²) in [6.45, 7) is 4.53. The number of hydrogen-bond acceptors (Lipinski definition) is 5. The van der Waals surface area contributed by atoms with E-state index in [0.717, 1.165) is 0 Å². The minimum Gasteiger partial charge on any atom is -0.457 e. The fraction of sp³-hybridized carbons (Fsp3) is 0.364. The summed E-state index contributed by atoms with van der Waals surface area (Å²) in [4.78, 5) is 12.6. The highest BCUT2D eigenvalue weighted by Crippen LogP contribution is 2.59. The molecule has 0 heterocycles. The van der Waals surface area contributed by atoms with Gasteiger partial charge in [-0.05, 0) is 29.7 Å². The first kappa shape index (κ1) is 18.9. The Balaban J connectivity index is 1.70. The van der Waals surface area contributed by atoms with Crippen LogP contribution in [0, 0.1) is 28.6 Å². The van der Waals surface area contributed by atoms with Gasteiger partial charge in [-0.3, -0.25) is 4.79 Å². The molecule has 0 spiro atoms. The predicted octanol–water partition coefficient (Wildman–Crippen LogP) is 4.51. The zero-order valence-corrected chi connectivity index (χ0v) is 15.7. The predicted molar refractivity (Wildman–Crippen MR) is 100 cm³/mol. The Morgan fingerprint density at radius 1 is 1.15 bits per heavy atom. The van der Waals surface area contributed by atoms with Crippen LogP contribution in [0.15, 0.2) is 54.6 Å². The highest BCUT2D eigenvalue weighted by molar-refractivity contribution is 5.78. The number of nitrogens with zero attached hydrogens (tertiary/aromatic N) is 1. The van der Waals surface area contributed by atoms with Gasteiger partial charge in [-0.15, -0.1) is 0 Å². The number of carbonyl (C=O) groups is 1. The van der Waals surface area contributed by atoms with Crippen LogP contribution in [0.2, 0.25) is 0 Å². The second-order valence-corrected chi connectivity index (χ2v) is 7.29. The maximum atomic E-state index is 12.6. The SMILES string of the molecule is COC[C@H]1[C@@H](C(=O)OC(C#N)c2cccc(Oc3ccccc3)c2)C1(C)C. The molecule has 0 N–H and O–H groups in total. The maximum Gasteiger partial charge on any atom is 0.311 e. The van der Waals surface area contributed by atoms with Crippen LogP contribution in [-0.4, -0.2) is 19.7 Å². The minimum atomic E-state index is -0.976. The van der Waals surface area contributed by atoms with Gasteiger partial charge < -0.3 is 14.2 Å². The molecule has 3 atom stereocenters. The molecule has 5 heteroatoms. The Bertz CT molecular complexity index is 841. The van der Waals surface area contributed by atoms with Crippen LogP contribution in [0.25, 0.3) is 0 Å². The van der Waals surface area contributed by atoms with E-state index in [4.69, 9.17) is 14.2 Å². The van der Waals surface area contributed by atoms with Crippen molar-refractivity contribution in [1.29, 1.82) is 5.26 Å². The van der Waals surface area contributed by atoms with Crippen molar-refractivity contribution < 1.29 is 19.0 Å². The van der Waals surface area contributed by atoms with Gasteiger partial charge in [-0.1, -0.05) is 44.2 Å². The summed E-state index contributed by atoms with van der Waals surface area (Å²) in [7, 11) is 1.62. The molecule has 0 bridgehead atoms. The second kappa shape index (κ2) is 7.81. The van der Waals surface area contributed by atoms with E-state index < -0.39 is 6.10 Å². The van der Waals surface area contributed by atoms with Crippen molar-refractivity contribution in [2.45, 2.75) is 20.0 Å². The molecule has 140 valence electrons. The lowest BCUT2D eigenvalue weighted by atomic mass is 10.1. The number of rotatable bonds is 7. The molecule has 1 fully saturated rings. The Morgan fingerprint density at radius 3 is 2.52 bits per heavy atom. The molecular formula is C22H23NO4. The number of methoxy groups -OCH3 is 1. The van der Waals surface area contributed by atoms with Crippen LogP contribution < -0.4 is 4.74 Å². The van der Waals surface area contributed by atoms with Crippen LogP contribution in [0.4, 0.5) is 0 Å². The Hall–Kier alpha value is -2.84. The average Bonchev–Trinajstić information content (AvgIpc) is 3.21. The van der Waals surface area contributed by atoms with Gasteiger partial charge in [-0.2, -0.15) is 5.26 Å². The monoisotopic (exact) mass is 365 g/mol. The summed E-state index contributed by atoms with van der Waals surface area (Å²) in [5.41, 5.74) is 0.409. The van der Waals surface area contributed by atoms with E-state index in [9.17, 15) is 10.1 Å². The lowest BCUT2D eigenvalue weighted by Gasteiger charge is -2.13. The van der Waals surface area contributed by atoms with Gasteiger partial charge in [0.15, 0.2) is 0 Å². The Kier molecular flexibility index (Phi) is 5.48. The third-order valence-corrected chi connectivity index (χ3v) is 5.14. The summed E-state index contributed by atoms with van der Waals surface area (Å²) >= 11 is 0. The molecule has 2 aromatic rings. The molecule has 1 saturated carbocycles. The molecule has 1 aliphatic rings. The largest absolute Gasteiger partial charge is 0.457 e. The molecule has 0 amide bonds. The molecule has 0 aliphatic heterocycles. The first-order valence-corrected chi connectivity index (χ1v) is 8.89. The number of ether oxygens (including phenoxy) is 3. The van der Waals surface area contributed by atoms with Gasteiger partial charge in [0.25, 0.3) is 0 Å². The topological polar surface area (TPSA) is 68.5 Å². The van der Waals surface area contributed by atoms with Crippen molar-refractivity contribution in [2.75, 3.05) is 13.7 Å².